The molecule has 1 heterocycles. The highest BCUT2D eigenvalue weighted by molar-refractivity contribution is 6.21. The molecule has 1 aromatic carbocycles. The van der Waals surface area contributed by atoms with Gasteiger partial charge in [0.2, 0.25) is 12.0 Å². The number of rotatable bonds is 5. The number of nitro groups is 2. The molecule has 24 heavy (non-hydrogen) atoms. The van der Waals surface area contributed by atoms with E-state index in [2.05, 4.69) is 0 Å². The molecule has 1 aromatic rings. The number of aliphatic hydroxyl groups excluding tert-OH is 3. The summed E-state index contributed by atoms with van der Waals surface area (Å²) in [6.07, 6.45) is -5.62. The number of halogens is 1. The zero-order chi connectivity index (χ0) is 18.0. The first-order valence-corrected chi connectivity index (χ1v) is 7.06. The predicted molar refractivity (Wildman–Crippen MR) is 77.8 cm³/mol. The minimum absolute atomic E-state index is 0.374. The maximum absolute atomic E-state index is 11.1. The lowest BCUT2D eigenvalue weighted by molar-refractivity contribution is -0.395. The molecule has 0 spiro atoms. The van der Waals surface area contributed by atoms with Crippen molar-refractivity contribution in [3.63, 3.8) is 0 Å². The van der Waals surface area contributed by atoms with E-state index in [0.717, 1.165) is 12.1 Å². The number of non-ortho nitro benzene ring substituents is 1. The topological polar surface area (TPSA) is 165 Å². The molecule has 1 saturated heterocycles. The second kappa shape index (κ2) is 7.23. The van der Waals surface area contributed by atoms with Crippen LogP contribution in [0.25, 0.3) is 0 Å². The maximum Gasteiger partial charge on any atom is 0.317 e. The van der Waals surface area contributed by atoms with Crippen LogP contribution >= 0.6 is 11.6 Å². The molecule has 2 unspecified atom stereocenters. The largest absolute Gasteiger partial charge is 0.456 e. The molecule has 0 aliphatic carbocycles. The van der Waals surface area contributed by atoms with Crippen LogP contribution in [-0.4, -0.2) is 61.8 Å². The quantitative estimate of drug-likeness (QED) is 0.368. The third-order valence-electron chi connectivity index (χ3n) is 3.40. The zero-order valence-corrected chi connectivity index (χ0v) is 12.6. The predicted octanol–water partition coefficient (Wildman–Crippen LogP) is -0.0718. The van der Waals surface area contributed by atoms with Crippen LogP contribution in [0, 0.1) is 20.2 Å². The first-order valence-electron chi connectivity index (χ1n) is 6.62. The van der Waals surface area contributed by atoms with Crippen molar-refractivity contribution in [3.8, 4) is 5.75 Å². The van der Waals surface area contributed by atoms with Gasteiger partial charge in [0.1, 0.15) is 23.7 Å². The van der Waals surface area contributed by atoms with Gasteiger partial charge in [0.05, 0.1) is 22.5 Å². The fraction of sp³-hybridized carbons (Fsp3) is 0.500. The summed E-state index contributed by atoms with van der Waals surface area (Å²) < 4.78 is 10.4. The number of alkyl halides is 1. The Hall–Kier alpha value is -2.05. The van der Waals surface area contributed by atoms with Crippen molar-refractivity contribution in [2.24, 2.45) is 0 Å². The van der Waals surface area contributed by atoms with Gasteiger partial charge in [-0.05, 0) is 6.07 Å². The Balaban J connectivity index is 2.29. The van der Waals surface area contributed by atoms with Gasteiger partial charge >= 0.3 is 5.69 Å². The van der Waals surface area contributed by atoms with Gasteiger partial charge in [0.25, 0.3) is 5.69 Å². The Bertz CT molecular complexity index is 641. The summed E-state index contributed by atoms with van der Waals surface area (Å²) in [6, 6.07) is 2.69. The monoisotopic (exact) mass is 364 g/mol. The van der Waals surface area contributed by atoms with Gasteiger partial charge in [-0.25, -0.2) is 0 Å². The van der Waals surface area contributed by atoms with Crippen LogP contribution in [0.15, 0.2) is 18.2 Å². The minimum atomic E-state index is -1.51. The van der Waals surface area contributed by atoms with Gasteiger partial charge in [-0.15, -0.1) is 11.6 Å². The third kappa shape index (κ3) is 3.55. The Morgan fingerprint density at radius 3 is 2.42 bits per heavy atom. The Morgan fingerprint density at radius 2 is 1.88 bits per heavy atom. The van der Waals surface area contributed by atoms with E-state index in [1.165, 1.54) is 0 Å². The second-order valence-corrected chi connectivity index (χ2v) is 5.44. The number of ether oxygens (including phenoxy) is 2. The number of nitro benzene ring substituents is 2. The molecular formula is C12H13ClN2O9. The van der Waals surface area contributed by atoms with Crippen LogP contribution < -0.4 is 4.74 Å². The van der Waals surface area contributed by atoms with Gasteiger partial charge in [-0.3, -0.25) is 20.2 Å². The van der Waals surface area contributed by atoms with Gasteiger partial charge in [0, 0.05) is 6.07 Å². The fourth-order valence-corrected chi connectivity index (χ4v) is 2.39. The molecular weight excluding hydrogens is 352 g/mol. The number of nitrogens with zero attached hydrogens (tertiary/aromatic N) is 2. The molecule has 12 heteroatoms. The van der Waals surface area contributed by atoms with Gasteiger partial charge in [-0.2, -0.15) is 0 Å². The van der Waals surface area contributed by atoms with Gasteiger partial charge in [0.15, 0.2) is 0 Å². The second-order valence-electron chi connectivity index (χ2n) is 4.94. The van der Waals surface area contributed by atoms with Crippen molar-refractivity contribution in [2.45, 2.75) is 30.0 Å². The lowest BCUT2D eigenvalue weighted by Gasteiger charge is -2.39. The van der Waals surface area contributed by atoms with Crippen LogP contribution in [-0.2, 0) is 4.74 Å². The van der Waals surface area contributed by atoms with Crippen molar-refractivity contribution < 1.29 is 34.6 Å². The van der Waals surface area contributed by atoms with E-state index in [-0.39, 0.29) is 5.75 Å². The SMILES string of the molecule is O=[N+]([O-])c1ccc(O[C@@H]2OC(CO)[C@H](O)[C@H](O)C2Cl)c([N+](=O)[O-])c1. The number of aliphatic hydroxyl groups is 3. The van der Waals surface area contributed by atoms with E-state index < -0.39 is 57.8 Å². The zero-order valence-electron chi connectivity index (χ0n) is 11.9. The van der Waals surface area contributed by atoms with Crippen LogP contribution in [0.1, 0.15) is 0 Å². The van der Waals surface area contributed by atoms with Crippen molar-refractivity contribution in [2.75, 3.05) is 6.61 Å². The van der Waals surface area contributed by atoms with Crippen molar-refractivity contribution in [1.29, 1.82) is 0 Å². The van der Waals surface area contributed by atoms with Crippen LogP contribution in [0.5, 0.6) is 5.75 Å². The third-order valence-corrected chi connectivity index (χ3v) is 3.86. The van der Waals surface area contributed by atoms with Crippen molar-refractivity contribution >= 4 is 23.0 Å². The van der Waals surface area contributed by atoms with Crippen molar-refractivity contribution in [1.82, 2.24) is 0 Å². The molecule has 3 N–H and O–H groups in total. The summed E-state index contributed by atoms with van der Waals surface area (Å²) in [4.78, 5) is 20.1. The smallest absolute Gasteiger partial charge is 0.317 e. The van der Waals surface area contributed by atoms with Gasteiger partial charge in [-0.1, -0.05) is 0 Å². The molecule has 0 radical (unpaired) electrons. The molecule has 1 aliphatic rings. The first kappa shape index (κ1) is 18.3. The van der Waals surface area contributed by atoms with Crippen LogP contribution in [0.3, 0.4) is 0 Å². The highest BCUT2D eigenvalue weighted by Gasteiger charge is 2.45. The molecule has 1 aliphatic heterocycles. The van der Waals surface area contributed by atoms with E-state index in [9.17, 15) is 30.4 Å². The van der Waals surface area contributed by atoms with E-state index in [0.29, 0.717) is 6.07 Å². The lowest BCUT2D eigenvalue weighted by Crippen LogP contribution is -2.58. The van der Waals surface area contributed by atoms with Crippen LogP contribution in [0.4, 0.5) is 11.4 Å². The Kier molecular flexibility index (Phi) is 5.51. The maximum atomic E-state index is 11.1. The summed E-state index contributed by atoms with van der Waals surface area (Å²) in [6.45, 7) is -0.649. The molecule has 2 rings (SSSR count). The number of hydrogen-bond acceptors (Lipinski definition) is 9. The molecule has 0 bridgehead atoms. The molecule has 0 amide bonds. The average Bonchev–Trinajstić information content (AvgIpc) is 2.55. The average molecular weight is 365 g/mol. The molecule has 0 aromatic heterocycles. The lowest BCUT2D eigenvalue weighted by atomic mass is 10.0. The van der Waals surface area contributed by atoms with E-state index >= 15 is 0 Å². The van der Waals surface area contributed by atoms with E-state index in [1.807, 2.05) is 0 Å². The van der Waals surface area contributed by atoms with Crippen molar-refractivity contribution in [3.05, 3.63) is 38.4 Å². The summed E-state index contributed by atoms with van der Waals surface area (Å²) in [7, 11) is 0. The van der Waals surface area contributed by atoms with Crippen LogP contribution in [0.2, 0.25) is 0 Å². The summed E-state index contributed by atoms with van der Waals surface area (Å²) >= 11 is 5.89. The Labute approximate surface area is 139 Å². The Morgan fingerprint density at radius 1 is 1.21 bits per heavy atom. The normalized spacial score (nSPS) is 29.9. The first-order chi connectivity index (χ1) is 11.3. The highest BCUT2D eigenvalue weighted by atomic mass is 35.5. The molecule has 132 valence electrons. The van der Waals surface area contributed by atoms with E-state index in [4.69, 9.17) is 26.2 Å². The highest BCUT2D eigenvalue weighted by Crippen LogP contribution is 2.34. The minimum Gasteiger partial charge on any atom is -0.456 e. The molecule has 1 fully saturated rings. The van der Waals surface area contributed by atoms with E-state index in [1.54, 1.807) is 0 Å². The fourth-order valence-electron chi connectivity index (χ4n) is 2.13. The standard InChI is InChI=1S/C12H13ClN2O9/c13-9-11(18)10(17)8(4-16)24-12(9)23-7-2-1-5(14(19)20)3-6(7)15(21)22/h1-3,8-12,16-18H,4H2/t8?,9?,10-,11+,12+/m0/s1. The van der Waals surface area contributed by atoms with Gasteiger partial charge < -0.3 is 24.8 Å². The molecule has 0 saturated carbocycles. The summed E-state index contributed by atoms with van der Waals surface area (Å²) in [5.41, 5.74) is -1.21. The number of benzene rings is 1. The molecule has 5 atom stereocenters. The molecule has 11 nitrogen and oxygen atoms in total. The summed E-state index contributed by atoms with van der Waals surface area (Å²) in [5, 5.41) is 49.1. The summed E-state index contributed by atoms with van der Waals surface area (Å²) in [5.74, 6) is -0.374. The number of hydrogen-bond donors (Lipinski definition) is 3.